The highest BCUT2D eigenvalue weighted by atomic mass is 35.5. The summed E-state index contributed by atoms with van der Waals surface area (Å²) in [7, 11) is 0. The predicted octanol–water partition coefficient (Wildman–Crippen LogP) is 2.03. The van der Waals surface area contributed by atoms with E-state index in [-0.39, 0.29) is 18.4 Å². The molecule has 0 bridgehead atoms. The summed E-state index contributed by atoms with van der Waals surface area (Å²) < 4.78 is 5.12. The lowest BCUT2D eigenvalue weighted by Gasteiger charge is -2.14. The largest absolute Gasteiger partial charge is 1.00 e. The van der Waals surface area contributed by atoms with E-state index >= 15 is 0 Å². The number of para-hydroxylation sites is 1. The molecule has 0 fully saturated rings. The van der Waals surface area contributed by atoms with Crippen molar-refractivity contribution in [2.24, 2.45) is 0 Å². The third-order valence-electron chi connectivity index (χ3n) is 4.12. The Balaban J connectivity index is 0.00000243. The van der Waals surface area contributed by atoms with E-state index in [1.807, 2.05) is 37.3 Å². The van der Waals surface area contributed by atoms with Gasteiger partial charge in [-0.25, -0.2) is 4.79 Å². The average Bonchev–Trinajstić information content (AvgIpc) is 2.62. The van der Waals surface area contributed by atoms with Gasteiger partial charge in [0.1, 0.15) is 0 Å². The molecule has 4 nitrogen and oxygen atoms in total. The Morgan fingerprint density at radius 1 is 1.08 bits per heavy atom. The number of aromatic nitrogens is 1. The quantitative estimate of drug-likeness (QED) is 0.699. The highest BCUT2D eigenvalue weighted by molar-refractivity contribution is 5.99. The first-order valence-corrected chi connectivity index (χ1v) is 8.55. The minimum Gasteiger partial charge on any atom is -1.00 e. The molecule has 0 unspecified atom stereocenters. The molecule has 136 valence electrons. The molecule has 0 radical (unpaired) electrons. The number of ether oxygens (including phenoxy) is 1. The first-order chi connectivity index (χ1) is 12.1. The average molecular weight is 370 g/mol. The van der Waals surface area contributed by atoms with Gasteiger partial charge >= 0.3 is 5.97 Å². The van der Waals surface area contributed by atoms with Gasteiger partial charge < -0.3 is 22.5 Å². The van der Waals surface area contributed by atoms with E-state index in [1.165, 1.54) is 5.56 Å². The number of hydrogen-bond acceptors (Lipinski definition) is 4. The minimum absolute atomic E-state index is 0. The van der Waals surface area contributed by atoms with Crippen LogP contribution in [0.15, 0.2) is 48.5 Å². The van der Waals surface area contributed by atoms with Crippen LogP contribution in [0.25, 0.3) is 10.9 Å². The van der Waals surface area contributed by atoms with E-state index in [0.29, 0.717) is 12.2 Å². The van der Waals surface area contributed by atoms with Crippen molar-refractivity contribution >= 4 is 28.2 Å². The number of fused-ring (bicyclic) bond motifs is 1. The lowest BCUT2D eigenvalue weighted by Crippen LogP contribution is -3.00. The number of benzene rings is 2. The summed E-state index contributed by atoms with van der Waals surface area (Å²) in [5, 5.41) is 4.42. The monoisotopic (exact) mass is 369 g/mol. The number of nitrogens with zero attached hydrogens (tertiary/aromatic N) is 1. The van der Waals surface area contributed by atoms with Crippen LogP contribution in [0.4, 0.5) is 11.4 Å². The van der Waals surface area contributed by atoms with Crippen LogP contribution in [0.5, 0.6) is 0 Å². The normalized spacial score (nSPS) is 10.3. The van der Waals surface area contributed by atoms with Gasteiger partial charge in [0.15, 0.2) is 0 Å². The van der Waals surface area contributed by atoms with Crippen LogP contribution in [0.1, 0.15) is 35.5 Å². The second-order valence-corrected chi connectivity index (χ2v) is 5.90. The van der Waals surface area contributed by atoms with Crippen LogP contribution in [0, 0.1) is 6.92 Å². The molecule has 0 aliphatic rings. The van der Waals surface area contributed by atoms with E-state index in [2.05, 4.69) is 29.4 Å². The van der Waals surface area contributed by atoms with Crippen LogP contribution in [-0.2, 0) is 11.2 Å². The van der Waals surface area contributed by atoms with Crippen molar-refractivity contribution in [1.29, 1.82) is 0 Å². The lowest BCUT2D eigenvalue weighted by atomic mass is 10.1. The maximum atomic E-state index is 12.1. The fraction of sp³-hybridized carbons (Fsp3) is 0.238. The predicted molar refractivity (Wildman–Crippen MR) is 102 cm³/mol. The number of halogens is 1. The van der Waals surface area contributed by atoms with Crippen molar-refractivity contribution in [3.05, 3.63) is 65.4 Å². The van der Waals surface area contributed by atoms with Crippen molar-refractivity contribution < 1.29 is 21.9 Å². The molecule has 0 saturated heterocycles. The number of rotatable bonds is 5. The van der Waals surface area contributed by atoms with Gasteiger partial charge in [-0.3, -0.25) is 4.98 Å². The molecule has 2 aromatic carbocycles. The highest BCUT2D eigenvalue weighted by Gasteiger charge is 2.11. The van der Waals surface area contributed by atoms with Crippen molar-refractivity contribution in [1.82, 2.24) is 4.98 Å². The van der Waals surface area contributed by atoms with E-state index in [9.17, 15) is 4.79 Å². The topological polar surface area (TPSA) is 51.2 Å². The van der Waals surface area contributed by atoms with Crippen molar-refractivity contribution in [3.63, 3.8) is 0 Å². The summed E-state index contributed by atoms with van der Waals surface area (Å²) in [6, 6.07) is 15.7. The van der Waals surface area contributed by atoms with E-state index in [0.717, 1.165) is 34.4 Å². The first-order valence-electron chi connectivity index (χ1n) is 8.55. The standard InChI is InChI=1S/C21H22N2O2.ClH/c1-4-15-8-6-7-9-18(15)23-20-12-14(3)22-19-11-10-16(13-17(19)20)21(24)25-5-2;/h6-13H,4-5H2,1-3H3,(H,22,23);1H/p-1. The fourth-order valence-corrected chi connectivity index (χ4v) is 2.90. The van der Waals surface area contributed by atoms with E-state index in [1.54, 1.807) is 13.0 Å². The van der Waals surface area contributed by atoms with Crippen LogP contribution < -0.4 is 17.7 Å². The second kappa shape index (κ2) is 8.68. The molecule has 26 heavy (non-hydrogen) atoms. The molecule has 0 aliphatic heterocycles. The number of nitrogens with one attached hydrogen (secondary N) is 1. The smallest absolute Gasteiger partial charge is 0.338 e. The maximum absolute atomic E-state index is 12.1. The Morgan fingerprint density at radius 3 is 2.58 bits per heavy atom. The summed E-state index contributed by atoms with van der Waals surface area (Å²) in [6.45, 7) is 6.27. The van der Waals surface area contributed by atoms with Crippen LogP contribution in [0.3, 0.4) is 0 Å². The fourth-order valence-electron chi connectivity index (χ4n) is 2.90. The van der Waals surface area contributed by atoms with Crippen LogP contribution in [-0.4, -0.2) is 17.6 Å². The van der Waals surface area contributed by atoms with Gasteiger partial charge in [-0.05, 0) is 56.2 Å². The summed E-state index contributed by atoms with van der Waals surface area (Å²) >= 11 is 0. The van der Waals surface area contributed by atoms with E-state index < -0.39 is 0 Å². The third-order valence-corrected chi connectivity index (χ3v) is 4.12. The Hall–Kier alpha value is -2.59. The Labute approximate surface area is 160 Å². The van der Waals surface area contributed by atoms with Gasteiger partial charge in [0.2, 0.25) is 0 Å². The van der Waals surface area contributed by atoms with Crippen molar-refractivity contribution in [2.45, 2.75) is 27.2 Å². The molecule has 1 heterocycles. The molecule has 0 amide bonds. The van der Waals surface area contributed by atoms with Gasteiger partial charge in [-0.2, -0.15) is 0 Å². The Morgan fingerprint density at radius 2 is 1.85 bits per heavy atom. The molecular weight excluding hydrogens is 348 g/mol. The number of esters is 1. The van der Waals surface area contributed by atoms with Gasteiger partial charge in [0.25, 0.3) is 0 Å². The SMILES string of the molecule is CCOC(=O)c1ccc2nc(C)cc(Nc3ccccc3CC)c2c1.[Cl-]. The third kappa shape index (κ3) is 4.14. The van der Waals surface area contributed by atoms with Gasteiger partial charge in [-0.1, -0.05) is 25.1 Å². The van der Waals surface area contributed by atoms with Crippen molar-refractivity contribution in [2.75, 3.05) is 11.9 Å². The highest BCUT2D eigenvalue weighted by Crippen LogP contribution is 2.29. The Kier molecular flexibility index (Phi) is 6.58. The van der Waals surface area contributed by atoms with Crippen LogP contribution >= 0.6 is 0 Å². The number of hydrogen-bond donors (Lipinski definition) is 1. The molecule has 5 heteroatoms. The molecule has 0 atom stereocenters. The maximum Gasteiger partial charge on any atom is 0.338 e. The molecule has 1 aromatic heterocycles. The number of aryl methyl sites for hydroxylation is 2. The zero-order valence-electron chi connectivity index (χ0n) is 15.2. The summed E-state index contributed by atoms with van der Waals surface area (Å²) in [6.07, 6.45) is 0.944. The Bertz CT molecular complexity index is 925. The molecule has 3 aromatic rings. The lowest BCUT2D eigenvalue weighted by molar-refractivity contribution is -0.0000232. The van der Waals surface area contributed by atoms with Crippen LogP contribution in [0.2, 0.25) is 0 Å². The zero-order valence-corrected chi connectivity index (χ0v) is 15.9. The number of pyridine rings is 1. The number of carbonyl (C=O) groups is 1. The molecular formula is C21H22ClN2O2-. The molecule has 3 rings (SSSR count). The minimum atomic E-state index is -0.315. The molecule has 0 aliphatic carbocycles. The molecule has 0 saturated carbocycles. The summed E-state index contributed by atoms with van der Waals surface area (Å²) in [4.78, 5) is 16.6. The first kappa shape index (κ1) is 19.7. The molecule has 1 N–H and O–H groups in total. The summed E-state index contributed by atoms with van der Waals surface area (Å²) in [5.74, 6) is -0.315. The van der Waals surface area contributed by atoms with Gasteiger partial charge in [-0.15, -0.1) is 0 Å². The van der Waals surface area contributed by atoms with E-state index in [4.69, 9.17) is 4.74 Å². The molecule has 0 spiro atoms. The van der Waals surface area contributed by atoms with Gasteiger partial charge in [0.05, 0.1) is 17.7 Å². The zero-order chi connectivity index (χ0) is 17.8. The van der Waals surface area contributed by atoms with Gasteiger partial charge in [0, 0.05) is 22.5 Å². The second-order valence-electron chi connectivity index (χ2n) is 5.90. The number of carbonyl (C=O) groups excluding carboxylic acids is 1. The number of anilines is 2. The summed E-state index contributed by atoms with van der Waals surface area (Å²) in [5.41, 5.74) is 5.56. The van der Waals surface area contributed by atoms with Crippen molar-refractivity contribution in [3.8, 4) is 0 Å².